The van der Waals surface area contributed by atoms with Crippen LogP contribution in [-0.2, 0) is 6.42 Å². The predicted octanol–water partition coefficient (Wildman–Crippen LogP) is 1.96. The van der Waals surface area contributed by atoms with E-state index in [-0.39, 0.29) is 0 Å². The van der Waals surface area contributed by atoms with E-state index < -0.39 is 6.10 Å². The summed E-state index contributed by atoms with van der Waals surface area (Å²) in [4.78, 5) is 11.0. The lowest BCUT2D eigenvalue weighted by molar-refractivity contribution is 0.111. The van der Waals surface area contributed by atoms with Crippen molar-refractivity contribution in [3.05, 3.63) is 21.7 Å². The van der Waals surface area contributed by atoms with Gasteiger partial charge < -0.3 is 14.6 Å². The minimum atomic E-state index is -0.474. The Bertz CT molecular complexity index is 443. The van der Waals surface area contributed by atoms with Gasteiger partial charge in [0.1, 0.15) is 13.2 Å². The van der Waals surface area contributed by atoms with Crippen molar-refractivity contribution >= 4 is 22.2 Å². The number of rotatable bonds is 3. The molecule has 1 aromatic rings. The molecule has 0 spiro atoms. The minimum Gasteiger partial charge on any atom is -0.486 e. The molecule has 1 aliphatic rings. The fraction of sp³-hybridized carbons (Fsp3) is 0.417. The lowest BCUT2D eigenvalue weighted by Gasteiger charge is -2.23. The number of ether oxygens (including phenoxy) is 2. The summed E-state index contributed by atoms with van der Waals surface area (Å²) in [7, 11) is 0. The van der Waals surface area contributed by atoms with Gasteiger partial charge in [0.2, 0.25) is 0 Å². The molecule has 5 heteroatoms. The molecule has 0 aliphatic carbocycles. The lowest BCUT2D eigenvalue weighted by Crippen LogP contribution is -2.19. The van der Waals surface area contributed by atoms with Crippen LogP contribution in [-0.4, -0.2) is 30.7 Å². The van der Waals surface area contributed by atoms with Gasteiger partial charge >= 0.3 is 0 Å². The van der Waals surface area contributed by atoms with Crippen molar-refractivity contribution in [2.24, 2.45) is 0 Å². The van der Waals surface area contributed by atoms with E-state index in [1.807, 2.05) is 0 Å². The zero-order valence-electron chi connectivity index (χ0n) is 9.40. The maximum absolute atomic E-state index is 11.0. The standard InChI is InChI=1S/C12H13BrO4/c1-7(15)4-8-5-10(13)9(6-14)12-11(8)16-2-3-17-12/h5-7,15H,2-4H2,1H3. The molecule has 0 saturated heterocycles. The molecule has 1 heterocycles. The fourth-order valence-electron chi connectivity index (χ4n) is 1.84. The number of aliphatic hydroxyl groups excluding tert-OH is 1. The molecule has 2 rings (SSSR count). The Labute approximate surface area is 108 Å². The topological polar surface area (TPSA) is 55.8 Å². The van der Waals surface area contributed by atoms with Crippen LogP contribution in [0, 0.1) is 0 Å². The molecule has 1 aliphatic heterocycles. The van der Waals surface area contributed by atoms with E-state index in [9.17, 15) is 9.90 Å². The number of halogens is 1. The van der Waals surface area contributed by atoms with Crippen LogP contribution >= 0.6 is 15.9 Å². The van der Waals surface area contributed by atoms with Crippen LogP contribution in [0.15, 0.2) is 10.5 Å². The van der Waals surface area contributed by atoms with Crippen LogP contribution in [0.2, 0.25) is 0 Å². The molecule has 0 aromatic heterocycles. The second-order valence-corrected chi connectivity index (χ2v) is 4.81. The van der Waals surface area contributed by atoms with Crippen LogP contribution in [0.25, 0.3) is 0 Å². The average molecular weight is 301 g/mol. The molecule has 0 fully saturated rings. The summed E-state index contributed by atoms with van der Waals surface area (Å²) in [5, 5.41) is 9.44. The number of hydrogen-bond acceptors (Lipinski definition) is 4. The summed E-state index contributed by atoms with van der Waals surface area (Å²) in [5.74, 6) is 1.04. The Morgan fingerprint density at radius 2 is 2.12 bits per heavy atom. The van der Waals surface area contributed by atoms with Crippen molar-refractivity contribution in [3.63, 3.8) is 0 Å². The zero-order valence-corrected chi connectivity index (χ0v) is 11.0. The van der Waals surface area contributed by atoms with E-state index in [0.717, 1.165) is 11.8 Å². The second-order valence-electron chi connectivity index (χ2n) is 3.96. The Kier molecular flexibility index (Phi) is 3.69. The molecule has 92 valence electrons. The van der Waals surface area contributed by atoms with Crippen molar-refractivity contribution in [1.29, 1.82) is 0 Å². The van der Waals surface area contributed by atoms with Gasteiger partial charge in [-0.3, -0.25) is 4.79 Å². The molecule has 4 nitrogen and oxygen atoms in total. The highest BCUT2D eigenvalue weighted by atomic mass is 79.9. The monoisotopic (exact) mass is 300 g/mol. The number of aliphatic hydroxyl groups is 1. The van der Waals surface area contributed by atoms with Crippen LogP contribution in [0.4, 0.5) is 0 Å². The largest absolute Gasteiger partial charge is 0.486 e. The molecular weight excluding hydrogens is 288 g/mol. The summed E-state index contributed by atoms with van der Waals surface area (Å²) in [6.45, 7) is 2.59. The maximum atomic E-state index is 11.0. The normalized spacial score (nSPS) is 15.5. The van der Waals surface area contributed by atoms with Crippen LogP contribution in [0.3, 0.4) is 0 Å². The minimum absolute atomic E-state index is 0.429. The van der Waals surface area contributed by atoms with Gasteiger partial charge in [-0.15, -0.1) is 0 Å². The Morgan fingerprint density at radius 1 is 1.47 bits per heavy atom. The average Bonchev–Trinajstić information content (AvgIpc) is 2.28. The summed E-state index contributed by atoms with van der Waals surface area (Å²) >= 11 is 3.33. The Morgan fingerprint density at radius 3 is 2.71 bits per heavy atom. The molecule has 1 N–H and O–H groups in total. The van der Waals surface area contributed by atoms with E-state index >= 15 is 0 Å². The van der Waals surface area contributed by atoms with Gasteiger partial charge in [-0.05, 0) is 28.9 Å². The molecule has 0 bridgehead atoms. The lowest BCUT2D eigenvalue weighted by atomic mass is 10.0. The van der Waals surface area contributed by atoms with E-state index in [4.69, 9.17) is 9.47 Å². The summed E-state index contributed by atoms with van der Waals surface area (Å²) in [6, 6.07) is 1.80. The molecule has 0 radical (unpaired) electrons. The third-order valence-corrected chi connectivity index (χ3v) is 3.17. The highest BCUT2D eigenvalue weighted by Gasteiger charge is 2.23. The van der Waals surface area contributed by atoms with E-state index in [1.54, 1.807) is 13.0 Å². The number of hydrogen-bond donors (Lipinski definition) is 1. The van der Waals surface area contributed by atoms with Crippen LogP contribution < -0.4 is 9.47 Å². The molecule has 0 amide bonds. The van der Waals surface area contributed by atoms with E-state index in [1.165, 1.54) is 0 Å². The Hall–Kier alpha value is -1.07. The number of aldehydes is 1. The molecule has 1 atom stereocenters. The predicted molar refractivity (Wildman–Crippen MR) is 65.9 cm³/mol. The maximum Gasteiger partial charge on any atom is 0.173 e. The van der Waals surface area contributed by atoms with Crippen LogP contribution in [0.5, 0.6) is 11.5 Å². The van der Waals surface area contributed by atoms with Crippen LogP contribution in [0.1, 0.15) is 22.8 Å². The van der Waals surface area contributed by atoms with Gasteiger partial charge in [0.25, 0.3) is 0 Å². The first-order chi connectivity index (χ1) is 8.13. The first-order valence-corrected chi connectivity index (χ1v) is 6.17. The third-order valence-electron chi connectivity index (χ3n) is 2.51. The molecule has 17 heavy (non-hydrogen) atoms. The molecule has 1 aromatic carbocycles. The van der Waals surface area contributed by atoms with Gasteiger partial charge in [-0.2, -0.15) is 0 Å². The fourth-order valence-corrected chi connectivity index (χ4v) is 2.39. The number of carbonyl (C=O) groups is 1. The van der Waals surface area contributed by atoms with Crippen molar-refractivity contribution in [2.45, 2.75) is 19.4 Å². The van der Waals surface area contributed by atoms with Gasteiger partial charge in [0, 0.05) is 16.5 Å². The van der Waals surface area contributed by atoms with E-state index in [2.05, 4.69) is 15.9 Å². The van der Waals surface area contributed by atoms with E-state index in [0.29, 0.717) is 41.2 Å². The summed E-state index contributed by atoms with van der Waals surface area (Å²) in [5.41, 5.74) is 1.29. The smallest absolute Gasteiger partial charge is 0.173 e. The first kappa shape index (κ1) is 12.4. The van der Waals surface area contributed by atoms with Crippen molar-refractivity contribution in [1.82, 2.24) is 0 Å². The van der Waals surface area contributed by atoms with Gasteiger partial charge in [0.15, 0.2) is 17.8 Å². The first-order valence-electron chi connectivity index (χ1n) is 5.37. The van der Waals surface area contributed by atoms with Crippen molar-refractivity contribution in [3.8, 4) is 11.5 Å². The number of carbonyl (C=O) groups excluding carboxylic acids is 1. The van der Waals surface area contributed by atoms with Gasteiger partial charge in [0.05, 0.1) is 11.7 Å². The van der Waals surface area contributed by atoms with Gasteiger partial charge in [-0.1, -0.05) is 0 Å². The highest BCUT2D eigenvalue weighted by molar-refractivity contribution is 9.10. The third kappa shape index (κ3) is 2.45. The zero-order chi connectivity index (χ0) is 12.4. The number of fused-ring (bicyclic) bond motifs is 1. The summed E-state index contributed by atoms with van der Waals surface area (Å²) in [6.07, 6.45) is 0.728. The molecule has 0 saturated carbocycles. The molecule has 1 unspecified atom stereocenters. The summed E-state index contributed by atoms with van der Waals surface area (Å²) < 4.78 is 11.7. The number of benzene rings is 1. The molecular formula is C12H13BrO4. The second kappa shape index (κ2) is 5.06. The Balaban J connectivity index is 2.54. The quantitative estimate of drug-likeness (QED) is 0.867. The van der Waals surface area contributed by atoms with Crippen molar-refractivity contribution in [2.75, 3.05) is 13.2 Å². The SMILES string of the molecule is CC(O)Cc1cc(Br)c(C=O)c2c1OCCO2. The highest BCUT2D eigenvalue weighted by Crippen LogP contribution is 2.41. The van der Waals surface area contributed by atoms with Gasteiger partial charge in [-0.25, -0.2) is 0 Å². The van der Waals surface area contributed by atoms with Crippen molar-refractivity contribution < 1.29 is 19.4 Å².